The lowest BCUT2D eigenvalue weighted by Crippen LogP contribution is -2.19. The van der Waals surface area contributed by atoms with Crippen molar-refractivity contribution in [3.63, 3.8) is 0 Å². The molecule has 2 nitrogen and oxygen atoms in total. The van der Waals surface area contributed by atoms with Crippen molar-refractivity contribution in [2.24, 2.45) is 10.7 Å². The summed E-state index contributed by atoms with van der Waals surface area (Å²) >= 11 is 5.99. The second-order valence-corrected chi connectivity index (χ2v) is 5.69. The highest BCUT2D eigenvalue weighted by Crippen LogP contribution is 2.42. The average Bonchev–Trinajstić information content (AvgIpc) is 2.62. The van der Waals surface area contributed by atoms with E-state index in [2.05, 4.69) is 4.99 Å². The van der Waals surface area contributed by atoms with E-state index in [-0.39, 0.29) is 5.84 Å². The number of fused-ring (bicyclic) bond motifs is 1. The van der Waals surface area contributed by atoms with Crippen LogP contribution < -0.4 is 5.73 Å². The van der Waals surface area contributed by atoms with Gasteiger partial charge in [-0.1, -0.05) is 41.4 Å². The number of aliphatic imine (C=N–C) groups is 1. The molecule has 0 saturated carbocycles. The minimum atomic E-state index is -0.697. The molecule has 0 saturated heterocycles. The van der Waals surface area contributed by atoms with Crippen LogP contribution in [0.3, 0.4) is 0 Å². The Labute approximate surface area is 122 Å². The minimum Gasteiger partial charge on any atom is -0.383 e. The Morgan fingerprint density at radius 3 is 2.70 bits per heavy atom. The van der Waals surface area contributed by atoms with Gasteiger partial charge in [0.15, 0.2) is 0 Å². The van der Waals surface area contributed by atoms with Crippen LogP contribution in [0.15, 0.2) is 41.4 Å². The predicted molar refractivity (Wildman–Crippen MR) is 79.8 cm³/mol. The topological polar surface area (TPSA) is 38.4 Å². The zero-order valence-electron chi connectivity index (χ0n) is 11.2. The number of benzene rings is 2. The lowest BCUT2D eigenvalue weighted by Gasteiger charge is -2.24. The Morgan fingerprint density at radius 2 is 2.00 bits per heavy atom. The molecule has 0 radical (unpaired) electrons. The molecular formula is C16H14ClFN2. The maximum Gasteiger partial charge on any atom is 0.135 e. The van der Waals surface area contributed by atoms with Gasteiger partial charge in [-0.15, -0.1) is 0 Å². The zero-order chi connectivity index (χ0) is 14.5. The van der Waals surface area contributed by atoms with Gasteiger partial charge in [-0.2, -0.15) is 0 Å². The van der Waals surface area contributed by atoms with Gasteiger partial charge in [0.1, 0.15) is 17.2 Å². The molecule has 20 heavy (non-hydrogen) atoms. The largest absolute Gasteiger partial charge is 0.383 e. The van der Waals surface area contributed by atoms with Crippen LogP contribution in [0.4, 0.5) is 4.39 Å². The highest BCUT2D eigenvalue weighted by molar-refractivity contribution is 6.30. The number of halogens is 2. The summed E-state index contributed by atoms with van der Waals surface area (Å²) in [7, 11) is 0. The van der Waals surface area contributed by atoms with E-state index in [1.807, 2.05) is 38.1 Å². The smallest absolute Gasteiger partial charge is 0.135 e. The molecular weight excluding hydrogens is 275 g/mol. The standard InChI is InChI=1S/C16H14ClFN2/c1-9-4-3-5-10(6-9)16(2)12-7-11(17)8-13(18)14(12)15(19)20-16/h3-8H,1-2H3,(H2,19,20). The van der Waals surface area contributed by atoms with Crippen LogP contribution in [0.2, 0.25) is 5.02 Å². The van der Waals surface area contributed by atoms with Crippen molar-refractivity contribution in [1.82, 2.24) is 0 Å². The Balaban J connectivity index is 2.29. The van der Waals surface area contributed by atoms with Crippen LogP contribution in [-0.4, -0.2) is 5.84 Å². The van der Waals surface area contributed by atoms with Crippen LogP contribution in [-0.2, 0) is 5.54 Å². The molecule has 1 heterocycles. The van der Waals surface area contributed by atoms with E-state index >= 15 is 0 Å². The van der Waals surface area contributed by atoms with Crippen molar-refractivity contribution >= 4 is 17.4 Å². The third-order valence-electron chi connectivity index (χ3n) is 3.76. The van der Waals surface area contributed by atoms with Gasteiger partial charge < -0.3 is 5.73 Å². The highest BCUT2D eigenvalue weighted by Gasteiger charge is 2.38. The Morgan fingerprint density at radius 1 is 1.25 bits per heavy atom. The SMILES string of the molecule is Cc1cccc(C2(C)N=C(N)c3c(F)cc(Cl)cc32)c1. The Bertz CT molecular complexity index is 739. The van der Waals surface area contributed by atoms with Crippen molar-refractivity contribution in [1.29, 1.82) is 0 Å². The highest BCUT2D eigenvalue weighted by atomic mass is 35.5. The maximum atomic E-state index is 14.1. The van der Waals surface area contributed by atoms with Gasteiger partial charge in [0.25, 0.3) is 0 Å². The first kappa shape index (κ1) is 13.1. The van der Waals surface area contributed by atoms with Crippen molar-refractivity contribution in [2.75, 3.05) is 0 Å². The van der Waals surface area contributed by atoms with Crippen LogP contribution in [0, 0.1) is 12.7 Å². The summed E-state index contributed by atoms with van der Waals surface area (Å²) in [6, 6.07) is 11.0. The summed E-state index contributed by atoms with van der Waals surface area (Å²) in [4.78, 5) is 4.50. The fourth-order valence-corrected chi connectivity index (χ4v) is 2.95. The molecule has 4 heteroatoms. The van der Waals surface area contributed by atoms with E-state index in [0.717, 1.165) is 11.1 Å². The molecule has 3 rings (SSSR count). The second-order valence-electron chi connectivity index (χ2n) is 5.25. The van der Waals surface area contributed by atoms with Crippen molar-refractivity contribution in [3.8, 4) is 0 Å². The molecule has 1 unspecified atom stereocenters. The lowest BCUT2D eigenvalue weighted by atomic mass is 9.84. The van der Waals surface area contributed by atoms with Gasteiger partial charge in [0.2, 0.25) is 0 Å². The van der Waals surface area contributed by atoms with Gasteiger partial charge in [0.05, 0.1) is 5.56 Å². The first-order valence-electron chi connectivity index (χ1n) is 6.34. The normalized spacial score (nSPS) is 20.7. The predicted octanol–water partition coefficient (Wildman–Crippen LogP) is 3.77. The molecule has 0 spiro atoms. The summed E-state index contributed by atoms with van der Waals surface area (Å²) in [6.45, 7) is 3.94. The molecule has 2 aromatic carbocycles. The number of rotatable bonds is 1. The zero-order valence-corrected chi connectivity index (χ0v) is 12.0. The quantitative estimate of drug-likeness (QED) is 0.852. The number of hydrogen-bond donors (Lipinski definition) is 1. The lowest BCUT2D eigenvalue weighted by molar-refractivity contribution is 0.600. The molecule has 2 N–H and O–H groups in total. The van der Waals surface area contributed by atoms with E-state index in [1.165, 1.54) is 6.07 Å². The average molecular weight is 289 g/mol. The van der Waals surface area contributed by atoms with Crippen molar-refractivity contribution < 1.29 is 4.39 Å². The van der Waals surface area contributed by atoms with E-state index in [9.17, 15) is 4.39 Å². The van der Waals surface area contributed by atoms with Gasteiger partial charge >= 0.3 is 0 Å². The molecule has 2 aromatic rings. The summed E-state index contributed by atoms with van der Waals surface area (Å²) in [5.41, 5.74) is 8.38. The second kappa shape index (κ2) is 4.32. The van der Waals surface area contributed by atoms with Gasteiger partial charge in [-0.3, -0.25) is 4.99 Å². The maximum absolute atomic E-state index is 14.1. The number of amidine groups is 1. The Hall–Kier alpha value is -1.87. The van der Waals surface area contributed by atoms with Gasteiger partial charge in [-0.05, 0) is 37.1 Å². The summed E-state index contributed by atoms with van der Waals surface area (Å²) < 4.78 is 14.1. The molecule has 0 bridgehead atoms. The van der Waals surface area contributed by atoms with Crippen LogP contribution >= 0.6 is 11.6 Å². The monoisotopic (exact) mass is 288 g/mol. The summed E-state index contributed by atoms with van der Waals surface area (Å²) in [5, 5.41) is 0.352. The first-order chi connectivity index (χ1) is 9.41. The van der Waals surface area contributed by atoms with Gasteiger partial charge in [-0.25, -0.2) is 4.39 Å². The molecule has 0 aromatic heterocycles. The minimum absolute atomic E-state index is 0.221. The molecule has 1 atom stereocenters. The van der Waals surface area contributed by atoms with Crippen LogP contribution in [0.25, 0.3) is 0 Å². The van der Waals surface area contributed by atoms with E-state index in [1.54, 1.807) is 6.07 Å². The number of hydrogen-bond acceptors (Lipinski definition) is 2. The van der Waals surface area contributed by atoms with Crippen LogP contribution in [0.1, 0.15) is 29.2 Å². The summed E-state index contributed by atoms with van der Waals surface area (Å²) in [5.74, 6) is -0.205. The molecule has 0 fully saturated rings. The van der Waals surface area contributed by atoms with Crippen molar-refractivity contribution in [3.05, 3.63) is 69.5 Å². The van der Waals surface area contributed by atoms with Crippen molar-refractivity contribution in [2.45, 2.75) is 19.4 Å². The van der Waals surface area contributed by atoms with E-state index in [0.29, 0.717) is 16.1 Å². The molecule has 102 valence electrons. The fraction of sp³-hybridized carbons (Fsp3) is 0.188. The number of aryl methyl sites for hydroxylation is 1. The molecule has 1 aliphatic rings. The number of nitrogens with zero attached hydrogens (tertiary/aromatic N) is 1. The molecule has 0 aliphatic carbocycles. The first-order valence-corrected chi connectivity index (χ1v) is 6.72. The molecule has 0 amide bonds. The molecule has 1 aliphatic heterocycles. The van der Waals surface area contributed by atoms with E-state index < -0.39 is 11.4 Å². The van der Waals surface area contributed by atoms with Gasteiger partial charge in [0, 0.05) is 5.02 Å². The van der Waals surface area contributed by atoms with Crippen LogP contribution in [0.5, 0.6) is 0 Å². The third kappa shape index (κ3) is 1.81. The Kier molecular flexibility index (Phi) is 2.83. The third-order valence-corrected chi connectivity index (χ3v) is 3.98. The number of nitrogens with two attached hydrogens (primary N) is 1. The summed E-state index contributed by atoms with van der Waals surface area (Å²) in [6.07, 6.45) is 0. The van der Waals surface area contributed by atoms with E-state index in [4.69, 9.17) is 17.3 Å². The fourth-order valence-electron chi connectivity index (χ4n) is 2.74.